The Morgan fingerprint density at radius 3 is 2.23 bits per heavy atom. The molecule has 158 valence electrons. The van der Waals surface area contributed by atoms with Gasteiger partial charge < -0.3 is 20.5 Å². The third kappa shape index (κ3) is 7.20. The van der Waals surface area contributed by atoms with Gasteiger partial charge in [0.15, 0.2) is 6.61 Å². The zero-order chi connectivity index (χ0) is 22.1. The highest BCUT2D eigenvalue weighted by molar-refractivity contribution is 8.00. The Morgan fingerprint density at radius 1 is 0.806 bits per heavy atom. The second-order valence-corrected chi connectivity index (χ2v) is 7.45. The summed E-state index contributed by atoms with van der Waals surface area (Å²) in [6, 6.07) is 22.2. The van der Waals surface area contributed by atoms with Crippen LogP contribution in [0.3, 0.4) is 0 Å². The summed E-state index contributed by atoms with van der Waals surface area (Å²) in [6.07, 6.45) is 0. The smallest absolute Gasteiger partial charge is 0.335 e. The molecule has 31 heavy (non-hydrogen) atoms. The Morgan fingerprint density at radius 2 is 1.48 bits per heavy atom. The van der Waals surface area contributed by atoms with Gasteiger partial charge in [-0.15, -0.1) is 11.8 Å². The average Bonchev–Trinajstić information content (AvgIpc) is 2.77. The minimum Gasteiger partial charge on any atom is -0.484 e. The molecule has 0 unspecified atom stereocenters. The van der Waals surface area contributed by atoms with Gasteiger partial charge in [-0.2, -0.15) is 0 Å². The number of carbonyl (C=O) groups is 3. The fraction of sp³-hybridized carbons (Fsp3) is 0.0870. The van der Waals surface area contributed by atoms with E-state index in [1.165, 1.54) is 23.9 Å². The van der Waals surface area contributed by atoms with Crippen LogP contribution < -0.4 is 15.4 Å². The zero-order valence-electron chi connectivity index (χ0n) is 16.4. The van der Waals surface area contributed by atoms with E-state index in [0.717, 1.165) is 4.90 Å². The van der Waals surface area contributed by atoms with Crippen LogP contribution >= 0.6 is 11.8 Å². The van der Waals surface area contributed by atoms with E-state index in [0.29, 0.717) is 17.1 Å². The summed E-state index contributed by atoms with van der Waals surface area (Å²) < 4.78 is 5.42. The van der Waals surface area contributed by atoms with Crippen LogP contribution in [0, 0.1) is 0 Å². The third-order valence-electron chi connectivity index (χ3n) is 3.99. The number of carboxylic acid groups (broad SMARTS) is 1. The van der Waals surface area contributed by atoms with Crippen LogP contribution in [0.25, 0.3) is 0 Å². The summed E-state index contributed by atoms with van der Waals surface area (Å²) in [5.41, 5.74) is 1.12. The molecule has 0 aliphatic carbocycles. The molecule has 0 aromatic heterocycles. The van der Waals surface area contributed by atoms with Crippen molar-refractivity contribution in [1.82, 2.24) is 0 Å². The number of hydrogen-bond donors (Lipinski definition) is 3. The average molecular weight is 436 g/mol. The minimum absolute atomic E-state index is 0.102. The zero-order valence-corrected chi connectivity index (χ0v) is 17.2. The lowest BCUT2D eigenvalue weighted by molar-refractivity contribution is -0.118. The molecule has 0 atom stereocenters. The van der Waals surface area contributed by atoms with Crippen molar-refractivity contribution in [2.24, 2.45) is 0 Å². The van der Waals surface area contributed by atoms with Crippen molar-refractivity contribution in [1.29, 1.82) is 0 Å². The predicted octanol–water partition coefficient (Wildman–Crippen LogP) is 4.13. The van der Waals surface area contributed by atoms with Gasteiger partial charge in [-0.1, -0.05) is 30.3 Å². The number of hydrogen-bond acceptors (Lipinski definition) is 5. The van der Waals surface area contributed by atoms with E-state index in [4.69, 9.17) is 9.84 Å². The highest BCUT2D eigenvalue weighted by Crippen LogP contribution is 2.22. The van der Waals surface area contributed by atoms with Crippen LogP contribution in [0.4, 0.5) is 11.4 Å². The van der Waals surface area contributed by atoms with E-state index < -0.39 is 5.97 Å². The van der Waals surface area contributed by atoms with Gasteiger partial charge in [0.2, 0.25) is 5.91 Å². The van der Waals surface area contributed by atoms with Crippen molar-refractivity contribution in [3.8, 4) is 5.75 Å². The second-order valence-electron chi connectivity index (χ2n) is 6.40. The Kier molecular flexibility index (Phi) is 7.67. The highest BCUT2D eigenvalue weighted by atomic mass is 32.2. The number of benzene rings is 3. The quantitative estimate of drug-likeness (QED) is 0.436. The SMILES string of the molecule is O=C(COc1ccccc1)Nc1cccc(SCC(=O)Nc2cccc(C(=O)O)c2)c1. The lowest BCUT2D eigenvalue weighted by Crippen LogP contribution is -2.20. The summed E-state index contributed by atoms with van der Waals surface area (Å²) in [4.78, 5) is 36.1. The topological polar surface area (TPSA) is 105 Å². The monoisotopic (exact) mass is 436 g/mol. The Bertz CT molecular complexity index is 1070. The number of para-hydroxylation sites is 1. The summed E-state index contributed by atoms with van der Waals surface area (Å²) in [6.45, 7) is -0.112. The number of rotatable bonds is 9. The summed E-state index contributed by atoms with van der Waals surface area (Å²) in [5.74, 6) is -0.869. The molecule has 3 rings (SSSR count). The number of carboxylic acids is 1. The Hall–Kier alpha value is -3.78. The number of thioether (sulfide) groups is 1. The van der Waals surface area contributed by atoms with Gasteiger partial charge >= 0.3 is 5.97 Å². The number of aromatic carboxylic acids is 1. The molecule has 2 amide bonds. The molecular formula is C23H20N2O5S. The molecule has 0 fully saturated rings. The first-order valence-corrected chi connectivity index (χ1v) is 10.3. The molecule has 3 aromatic carbocycles. The molecule has 3 aromatic rings. The first kappa shape index (κ1) is 21.9. The molecule has 0 aliphatic rings. The van der Waals surface area contributed by atoms with Crippen LogP contribution in [0.1, 0.15) is 10.4 Å². The predicted molar refractivity (Wildman–Crippen MR) is 120 cm³/mol. The molecule has 0 radical (unpaired) electrons. The van der Waals surface area contributed by atoms with Crippen LogP contribution in [0.2, 0.25) is 0 Å². The molecule has 0 aliphatic heterocycles. The first-order chi connectivity index (χ1) is 15.0. The molecule has 0 bridgehead atoms. The molecule has 0 spiro atoms. The van der Waals surface area contributed by atoms with Gasteiger partial charge in [0.1, 0.15) is 5.75 Å². The lowest BCUT2D eigenvalue weighted by atomic mass is 10.2. The van der Waals surface area contributed by atoms with E-state index in [-0.39, 0.29) is 29.7 Å². The molecule has 7 nitrogen and oxygen atoms in total. The highest BCUT2D eigenvalue weighted by Gasteiger charge is 2.08. The van der Waals surface area contributed by atoms with Crippen LogP contribution in [0.5, 0.6) is 5.75 Å². The van der Waals surface area contributed by atoms with Crippen molar-refractivity contribution < 1.29 is 24.2 Å². The van der Waals surface area contributed by atoms with Gasteiger partial charge in [0, 0.05) is 16.3 Å². The second kappa shape index (κ2) is 10.8. The molecule has 8 heteroatoms. The van der Waals surface area contributed by atoms with E-state index >= 15 is 0 Å². The summed E-state index contributed by atoms with van der Waals surface area (Å²) >= 11 is 1.30. The van der Waals surface area contributed by atoms with Crippen molar-refractivity contribution in [2.75, 3.05) is 23.0 Å². The first-order valence-electron chi connectivity index (χ1n) is 9.33. The maximum atomic E-state index is 12.2. The molecule has 0 saturated heterocycles. The lowest BCUT2D eigenvalue weighted by Gasteiger charge is -2.09. The summed E-state index contributed by atoms with van der Waals surface area (Å²) in [5, 5.41) is 14.5. The Balaban J connectivity index is 1.48. The van der Waals surface area contributed by atoms with Crippen molar-refractivity contribution >= 4 is 40.9 Å². The number of amides is 2. The fourth-order valence-corrected chi connectivity index (χ4v) is 3.36. The summed E-state index contributed by atoms with van der Waals surface area (Å²) in [7, 11) is 0. The standard InChI is InChI=1S/C23H20N2O5S/c26-21(14-30-19-9-2-1-3-10-19)24-18-8-5-11-20(13-18)31-15-22(27)25-17-7-4-6-16(12-17)23(28)29/h1-13H,14-15H2,(H,24,26)(H,25,27)(H,28,29). The van der Waals surface area contributed by atoms with Gasteiger partial charge in [-0.25, -0.2) is 4.79 Å². The van der Waals surface area contributed by atoms with Crippen molar-refractivity contribution in [3.05, 3.63) is 84.4 Å². The number of nitrogens with one attached hydrogen (secondary N) is 2. The van der Waals surface area contributed by atoms with Crippen LogP contribution in [0.15, 0.2) is 83.8 Å². The van der Waals surface area contributed by atoms with Crippen molar-refractivity contribution in [3.63, 3.8) is 0 Å². The van der Waals surface area contributed by atoms with Gasteiger partial charge in [0.05, 0.1) is 11.3 Å². The molecule has 0 saturated carbocycles. The number of carbonyl (C=O) groups excluding carboxylic acids is 2. The Labute approximate surface area is 183 Å². The maximum Gasteiger partial charge on any atom is 0.335 e. The molecule has 0 heterocycles. The number of ether oxygens (including phenoxy) is 1. The fourth-order valence-electron chi connectivity index (χ4n) is 2.60. The maximum absolute atomic E-state index is 12.2. The van der Waals surface area contributed by atoms with Gasteiger partial charge in [-0.05, 0) is 48.5 Å². The number of anilines is 2. The van der Waals surface area contributed by atoms with E-state index in [9.17, 15) is 14.4 Å². The minimum atomic E-state index is -1.06. The van der Waals surface area contributed by atoms with E-state index in [2.05, 4.69) is 10.6 Å². The molecular weight excluding hydrogens is 416 g/mol. The largest absolute Gasteiger partial charge is 0.484 e. The normalized spacial score (nSPS) is 10.2. The molecule has 3 N–H and O–H groups in total. The van der Waals surface area contributed by atoms with E-state index in [1.807, 2.05) is 24.3 Å². The van der Waals surface area contributed by atoms with Gasteiger partial charge in [0.25, 0.3) is 5.91 Å². The van der Waals surface area contributed by atoms with E-state index in [1.54, 1.807) is 42.5 Å². The van der Waals surface area contributed by atoms with Gasteiger partial charge in [-0.3, -0.25) is 9.59 Å². The third-order valence-corrected chi connectivity index (χ3v) is 4.99. The van der Waals surface area contributed by atoms with Crippen LogP contribution in [-0.4, -0.2) is 35.2 Å². The van der Waals surface area contributed by atoms with Crippen LogP contribution in [-0.2, 0) is 9.59 Å². The van der Waals surface area contributed by atoms with Crippen molar-refractivity contribution in [2.45, 2.75) is 4.90 Å².